The molecule has 1 saturated heterocycles. The number of rotatable bonds is 56. The average Bonchev–Trinajstić information content (AvgIpc) is 3.40. The van der Waals surface area contributed by atoms with Crippen molar-refractivity contribution in [1.82, 2.24) is 31.1 Å². The third-order valence-electron chi connectivity index (χ3n) is 15.3. The maximum Gasteiger partial charge on any atom is 0.306 e. The molecule has 438 valence electrons. The van der Waals surface area contributed by atoms with Crippen molar-refractivity contribution in [1.29, 1.82) is 0 Å². The third-order valence-corrected chi connectivity index (χ3v) is 15.3. The predicted octanol–water partition coefficient (Wildman–Crippen LogP) is 13.0. The van der Waals surface area contributed by atoms with Gasteiger partial charge in [-0.05, 0) is 70.9 Å². The topological polar surface area (TPSA) is 166 Å². The van der Waals surface area contributed by atoms with Crippen LogP contribution in [-0.4, -0.2) is 117 Å². The Bertz CT molecular complexity index is 1370. The smallest absolute Gasteiger partial charge is 0.306 e. The molecule has 0 aromatic rings. The maximum absolute atomic E-state index is 13.2. The zero-order valence-corrected chi connectivity index (χ0v) is 49.3. The lowest BCUT2D eigenvalue weighted by molar-refractivity contribution is -0.141. The quantitative estimate of drug-likeness (QED) is 0.0342. The molecule has 13 heteroatoms. The van der Waals surface area contributed by atoms with Gasteiger partial charge >= 0.3 is 5.97 Å². The minimum atomic E-state index is -0.594. The third kappa shape index (κ3) is 43.6. The summed E-state index contributed by atoms with van der Waals surface area (Å²) in [6.07, 6.45) is 45.1. The number of unbranched alkanes of at least 4 members (excludes halogenated alkanes) is 30. The lowest BCUT2D eigenvalue weighted by Crippen LogP contribution is -2.61. The number of methoxy groups -OCH3 is 1. The number of amides is 4. The first-order valence-electron chi connectivity index (χ1n) is 31.8. The Labute approximate surface area is 460 Å². The molecule has 0 aromatic carbocycles. The molecule has 0 aromatic heterocycles. The minimum Gasteiger partial charge on any atom is -0.469 e. The van der Waals surface area contributed by atoms with Gasteiger partial charge in [-0.3, -0.25) is 28.8 Å². The van der Waals surface area contributed by atoms with Crippen LogP contribution < -0.4 is 21.3 Å². The standard InChI is InChI=1S/C62H118N6O7/c1-5-8-11-14-17-20-23-24-27-30-33-40-55(69)43-51-67(52-44-58(70)63-47-36-31-28-25-21-18-15-12-9-6-2)49-38-34-41-56-61(73)66-57(62(74)65-56)42-35-39-50-68(54-46-60(72)75-4)53-45-59(71)64-48-37-32-29-26-22-19-16-13-10-7-3/h56-57H,5-54H2,1-4H3,(H,63,70)(H,64,71)(H,65,74)(H,66,73). The van der Waals surface area contributed by atoms with Gasteiger partial charge in [0.05, 0.1) is 13.5 Å². The van der Waals surface area contributed by atoms with Gasteiger partial charge in [-0.15, -0.1) is 0 Å². The van der Waals surface area contributed by atoms with E-state index < -0.39 is 12.1 Å². The number of hydrogen-bond donors (Lipinski definition) is 4. The van der Waals surface area contributed by atoms with Gasteiger partial charge in [-0.1, -0.05) is 201 Å². The first-order chi connectivity index (χ1) is 36.6. The summed E-state index contributed by atoms with van der Waals surface area (Å²) in [6, 6.07) is -1.18. The van der Waals surface area contributed by atoms with Crippen LogP contribution in [0.25, 0.3) is 0 Å². The molecule has 0 bridgehead atoms. The van der Waals surface area contributed by atoms with Crippen molar-refractivity contribution in [3.8, 4) is 0 Å². The molecule has 1 aliphatic heterocycles. The largest absolute Gasteiger partial charge is 0.469 e. The van der Waals surface area contributed by atoms with Crippen molar-refractivity contribution in [2.24, 2.45) is 0 Å². The number of carbonyl (C=O) groups excluding carboxylic acids is 6. The number of nitrogens with zero attached hydrogens (tertiary/aromatic N) is 2. The number of Topliss-reactive ketones (excluding diaryl/α,β-unsaturated/α-hetero) is 1. The second-order valence-corrected chi connectivity index (χ2v) is 22.3. The number of hydrogen-bond acceptors (Lipinski definition) is 9. The van der Waals surface area contributed by atoms with Gasteiger partial charge in [-0.25, -0.2) is 0 Å². The van der Waals surface area contributed by atoms with Crippen LogP contribution >= 0.6 is 0 Å². The highest BCUT2D eigenvalue weighted by molar-refractivity contribution is 5.96. The normalized spacial score (nSPS) is 14.6. The highest BCUT2D eigenvalue weighted by atomic mass is 16.5. The summed E-state index contributed by atoms with van der Waals surface area (Å²) in [5.41, 5.74) is 0. The zero-order valence-electron chi connectivity index (χ0n) is 49.3. The first-order valence-corrected chi connectivity index (χ1v) is 31.8. The number of ketones is 1. The van der Waals surface area contributed by atoms with Gasteiger partial charge in [0.1, 0.15) is 17.9 Å². The highest BCUT2D eigenvalue weighted by Crippen LogP contribution is 2.16. The van der Waals surface area contributed by atoms with E-state index >= 15 is 0 Å². The highest BCUT2D eigenvalue weighted by Gasteiger charge is 2.33. The van der Waals surface area contributed by atoms with Crippen molar-refractivity contribution < 1.29 is 33.5 Å². The Kier molecular flexibility index (Phi) is 48.2. The summed E-state index contributed by atoms with van der Waals surface area (Å²) in [5.74, 6) is -0.236. The number of carbonyl (C=O) groups is 6. The number of esters is 1. The average molecular weight is 1060 g/mol. The summed E-state index contributed by atoms with van der Waals surface area (Å²) in [4.78, 5) is 81.3. The predicted molar refractivity (Wildman–Crippen MR) is 311 cm³/mol. The van der Waals surface area contributed by atoms with E-state index in [9.17, 15) is 28.8 Å². The molecule has 2 unspecified atom stereocenters. The molecule has 4 N–H and O–H groups in total. The Hall–Kier alpha value is -3.06. The zero-order chi connectivity index (χ0) is 54.7. The van der Waals surface area contributed by atoms with Crippen LogP contribution in [0, 0.1) is 0 Å². The second kappa shape index (κ2) is 51.7. The Morgan fingerprint density at radius 3 is 1.07 bits per heavy atom. The van der Waals surface area contributed by atoms with Crippen LogP contribution in [0.4, 0.5) is 0 Å². The fourth-order valence-electron chi connectivity index (χ4n) is 10.2. The van der Waals surface area contributed by atoms with Crippen molar-refractivity contribution in [3.05, 3.63) is 0 Å². The molecule has 1 fully saturated rings. The number of piperazine rings is 1. The van der Waals surface area contributed by atoms with Crippen molar-refractivity contribution in [2.45, 2.75) is 303 Å². The van der Waals surface area contributed by atoms with E-state index in [1.807, 2.05) is 0 Å². The summed E-state index contributed by atoms with van der Waals surface area (Å²) in [7, 11) is 1.38. The van der Waals surface area contributed by atoms with E-state index in [-0.39, 0.29) is 36.0 Å². The van der Waals surface area contributed by atoms with E-state index in [0.717, 1.165) is 64.3 Å². The summed E-state index contributed by atoms with van der Waals surface area (Å²) >= 11 is 0. The van der Waals surface area contributed by atoms with E-state index in [1.54, 1.807) is 0 Å². The molecular formula is C62H118N6O7. The molecule has 0 radical (unpaired) electrons. The van der Waals surface area contributed by atoms with E-state index in [2.05, 4.69) is 51.8 Å². The fourth-order valence-corrected chi connectivity index (χ4v) is 10.2. The molecule has 1 rings (SSSR count). The van der Waals surface area contributed by atoms with Gasteiger partial charge in [-0.2, -0.15) is 0 Å². The molecule has 0 saturated carbocycles. The van der Waals surface area contributed by atoms with E-state index in [0.29, 0.717) is 96.5 Å². The molecule has 4 amide bonds. The van der Waals surface area contributed by atoms with Crippen molar-refractivity contribution in [3.63, 3.8) is 0 Å². The van der Waals surface area contributed by atoms with Crippen LogP contribution in [0.5, 0.6) is 0 Å². The Morgan fingerprint density at radius 2 is 0.707 bits per heavy atom. The lowest BCUT2D eigenvalue weighted by Gasteiger charge is -2.30. The number of ether oxygens (including phenoxy) is 1. The molecule has 13 nitrogen and oxygen atoms in total. The molecule has 2 atom stereocenters. The van der Waals surface area contributed by atoms with Crippen molar-refractivity contribution in [2.75, 3.05) is 59.5 Å². The molecular weight excluding hydrogens is 941 g/mol. The molecule has 1 aliphatic rings. The van der Waals surface area contributed by atoms with E-state index in [4.69, 9.17) is 4.74 Å². The fraction of sp³-hybridized carbons (Fsp3) is 0.903. The monoisotopic (exact) mass is 1060 g/mol. The molecule has 1 heterocycles. The molecule has 0 spiro atoms. The van der Waals surface area contributed by atoms with Crippen LogP contribution in [0.1, 0.15) is 290 Å². The van der Waals surface area contributed by atoms with Crippen LogP contribution in [0.3, 0.4) is 0 Å². The summed E-state index contributed by atoms with van der Waals surface area (Å²) in [6.45, 7) is 11.8. The number of nitrogens with one attached hydrogen (secondary N) is 4. The van der Waals surface area contributed by atoms with Gasteiger partial charge in [0, 0.05) is 65.0 Å². The first kappa shape index (κ1) is 70.0. The SMILES string of the molecule is CCCCCCCCCCCCCC(=O)CCN(CCCCC1NC(=O)C(CCCCN(CCC(=O)NCCCCCCCCCCCC)CCC(=O)OC)NC1=O)CCC(=O)NCCCCCCCCCCCC. The minimum absolute atomic E-state index is 0.0217. The van der Waals surface area contributed by atoms with Crippen molar-refractivity contribution >= 4 is 35.4 Å². The maximum atomic E-state index is 13.2. The van der Waals surface area contributed by atoms with Gasteiger partial charge < -0.3 is 35.8 Å². The Balaban J connectivity index is 2.50. The van der Waals surface area contributed by atoms with E-state index in [1.165, 1.54) is 168 Å². The van der Waals surface area contributed by atoms with Crippen LogP contribution in [0.15, 0.2) is 0 Å². The molecule has 75 heavy (non-hydrogen) atoms. The molecule has 0 aliphatic carbocycles. The lowest BCUT2D eigenvalue weighted by atomic mass is 10.0. The van der Waals surface area contributed by atoms with Gasteiger partial charge in [0.2, 0.25) is 23.6 Å². The van der Waals surface area contributed by atoms with Gasteiger partial charge in [0.25, 0.3) is 0 Å². The Morgan fingerprint density at radius 1 is 0.387 bits per heavy atom. The van der Waals surface area contributed by atoms with Gasteiger partial charge in [0.15, 0.2) is 0 Å². The second-order valence-electron chi connectivity index (χ2n) is 22.3. The van der Waals surface area contributed by atoms with Crippen LogP contribution in [-0.2, 0) is 33.5 Å². The van der Waals surface area contributed by atoms with Crippen LogP contribution in [0.2, 0.25) is 0 Å². The summed E-state index contributed by atoms with van der Waals surface area (Å²) in [5, 5.41) is 12.1. The summed E-state index contributed by atoms with van der Waals surface area (Å²) < 4.78 is 4.87.